The highest BCUT2D eigenvalue weighted by Gasteiger charge is 2.24. The van der Waals surface area contributed by atoms with Crippen LogP contribution in [-0.2, 0) is 6.54 Å². The maximum Gasteiger partial charge on any atom is 0.0892 e. The maximum atomic E-state index is 6.26. The summed E-state index contributed by atoms with van der Waals surface area (Å²) in [5.41, 5.74) is 1.92. The van der Waals surface area contributed by atoms with E-state index in [1.54, 1.807) is 6.20 Å². The Morgan fingerprint density at radius 1 is 1.50 bits per heavy atom. The molecule has 7 heteroatoms. The number of nitrogens with zero attached hydrogens (tertiary/aromatic N) is 4. The zero-order valence-electron chi connectivity index (χ0n) is 10.6. The Balaban J connectivity index is 2.47. The highest BCUT2D eigenvalue weighted by molar-refractivity contribution is 7.05. The predicted octanol–water partition coefficient (Wildman–Crippen LogP) is 2.42. The molecule has 0 aliphatic carbocycles. The van der Waals surface area contributed by atoms with Gasteiger partial charge in [-0.05, 0) is 31.9 Å². The number of aryl methyl sites for hydroxylation is 2. The van der Waals surface area contributed by atoms with E-state index < -0.39 is 0 Å². The third kappa shape index (κ3) is 2.41. The molecule has 0 saturated carbocycles. The summed E-state index contributed by atoms with van der Waals surface area (Å²) in [5.74, 6) is 0. The van der Waals surface area contributed by atoms with Crippen LogP contribution in [0.5, 0.6) is 0 Å². The van der Waals surface area contributed by atoms with Gasteiger partial charge in [-0.15, -0.1) is 5.10 Å². The zero-order chi connectivity index (χ0) is 13.1. The summed E-state index contributed by atoms with van der Waals surface area (Å²) < 4.78 is 5.91. The summed E-state index contributed by atoms with van der Waals surface area (Å²) >= 11 is 7.66. The van der Waals surface area contributed by atoms with Crippen molar-refractivity contribution in [2.45, 2.75) is 33.4 Å². The Labute approximate surface area is 115 Å². The topological polar surface area (TPSA) is 55.6 Å². The van der Waals surface area contributed by atoms with Crippen molar-refractivity contribution in [2.75, 3.05) is 6.54 Å². The van der Waals surface area contributed by atoms with Crippen LogP contribution in [0.2, 0.25) is 5.02 Å². The smallest absolute Gasteiger partial charge is 0.0892 e. The Hall–Kier alpha value is -0.980. The molecule has 5 nitrogen and oxygen atoms in total. The lowest BCUT2D eigenvalue weighted by Crippen LogP contribution is -2.25. The first-order chi connectivity index (χ1) is 8.69. The lowest BCUT2D eigenvalue weighted by atomic mass is 10.1. The van der Waals surface area contributed by atoms with Gasteiger partial charge in [0, 0.05) is 6.54 Å². The number of halogens is 1. The van der Waals surface area contributed by atoms with Crippen molar-refractivity contribution in [2.24, 2.45) is 0 Å². The quantitative estimate of drug-likeness (QED) is 0.917. The van der Waals surface area contributed by atoms with E-state index in [9.17, 15) is 0 Å². The molecule has 1 N–H and O–H groups in total. The van der Waals surface area contributed by atoms with Gasteiger partial charge in [-0.2, -0.15) is 5.10 Å². The number of rotatable bonds is 5. The first kappa shape index (κ1) is 13.5. The van der Waals surface area contributed by atoms with Gasteiger partial charge in [-0.3, -0.25) is 4.68 Å². The van der Waals surface area contributed by atoms with Crippen LogP contribution < -0.4 is 5.32 Å². The highest BCUT2D eigenvalue weighted by atomic mass is 35.5. The van der Waals surface area contributed by atoms with Crippen molar-refractivity contribution in [3.63, 3.8) is 0 Å². The number of aromatic nitrogens is 4. The van der Waals surface area contributed by atoms with Crippen molar-refractivity contribution in [3.8, 4) is 0 Å². The molecule has 0 saturated heterocycles. The second-order valence-electron chi connectivity index (χ2n) is 3.91. The number of hydrogen-bond donors (Lipinski definition) is 1. The first-order valence-electron chi connectivity index (χ1n) is 5.92. The van der Waals surface area contributed by atoms with E-state index in [2.05, 4.69) is 26.9 Å². The van der Waals surface area contributed by atoms with Crippen molar-refractivity contribution in [3.05, 3.63) is 27.5 Å². The van der Waals surface area contributed by atoms with Gasteiger partial charge in [0.15, 0.2) is 0 Å². The summed E-state index contributed by atoms with van der Waals surface area (Å²) in [6.07, 6.45) is 1.69. The molecule has 0 amide bonds. The summed E-state index contributed by atoms with van der Waals surface area (Å²) in [7, 11) is 0. The molecule has 0 fully saturated rings. The molecule has 98 valence electrons. The van der Waals surface area contributed by atoms with E-state index >= 15 is 0 Å². The third-order valence-electron chi connectivity index (χ3n) is 2.76. The van der Waals surface area contributed by atoms with Crippen molar-refractivity contribution in [1.82, 2.24) is 24.7 Å². The average molecular weight is 286 g/mol. The minimum Gasteiger partial charge on any atom is -0.304 e. The first-order valence-corrected chi connectivity index (χ1v) is 7.07. The number of nitrogens with one attached hydrogen (secondary N) is 1. The van der Waals surface area contributed by atoms with Crippen molar-refractivity contribution in [1.29, 1.82) is 0 Å². The minimum atomic E-state index is 0.00458. The summed E-state index contributed by atoms with van der Waals surface area (Å²) in [5, 5.41) is 12.5. The zero-order valence-corrected chi connectivity index (χ0v) is 12.2. The Bertz CT molecular complexity index is 521. The molecule has 18 heavy (non-hydrogen) atoms. The molecular formula is C11H16ClN5S. The van der Waals surface area contributed by atoms with Gasteiger partial charge in [0.25, 0.3) is 0 Å². The maximum absolute atomic E-state index is 6.26. The van der Waals surface area contributed by atoms with E-state index in [4.69, 9.17) is 11.6 Å². The predicted molar refractivity (Wildman–Crippen MR) is 73.1 cm³/mol. The van der Waals surface area contributed by atoms with Gasteiger partial charge in [-0.25, -0.2) is 0 Å². The number of hydrogen-bond acceptors (Lipinski definition) is 5. The van der Waals surface area contributed by atoms with Gasteiger partial charge in [0.05, 0.1) is 33.5 Å². The van der Waals surface area contributed by atoms with E-state index in [0.717, 1.165) is 29.4 Å². The van der Waals surface area contributed by atoms with Crippen LogP contribution in [0.3, 0.4) is 0 Å². The van der Waals surface area contributed by atoms with Gasteiger partial charge < -0.3 is 5.32 Å². The summed E-state index contributed by atoms with van der Waals surface area (Å²) in [6.45, 7) is 7.71. The second-order valence-corrected chi connectivity index (χ2v) is 5.10. The molecule has 2 rings (SSSR count). The normalized spacial score (nSPS) is 12.9. The van der Waals surface area contributed by atoms with Crippen molar-refractivity contribution < 1.29 is 0 Å². The van der Waals surface area contributed by atoms with Gasteiger partial charge >= 0.3 is 0 Å². The van der Waals surface area contributed by atoms with Crippen LogP contribution in [-0.4, -0.2) is 25.9 Å². The largest absolute Gasteiger partial charge is 0.304 e. The SMILES string of the molecule is CCNC(c1snnc1C)c1c(Cl)cnn1CC. The fraction of sp³-hybridized carbons (Fsp3) is 0.545. The van der Waals surface area contributed by atoms with Crippen LogP contribution >= 0.6 is 23.1 Å². The minimum absolute atomic E-state index is 0.00458. The van der Waals surface area contributed by atoms with Crippen LogP contribution in [0, 0.1) is 6.92 Å². The van der Waals surface area contributed by atoms with E-state index in [1.807, 2.05) is 18.5 Å². The van der Waals surface area contributed by atoms with Crippen LogP contribution in [0.4, 0.5) is 0 Å². The molecule has 0 radical (unpaired) electrons. The highest BCUT2D eigenvalue weighted by Crippen LogP contribution is 2.31. The Morgan fingerprint density at radius 3 is 2.83 bits per heavy atom. The third-order valence-corrected chi connectivity index (χ3v) is 3.95. The Morgan fingerprint density at radius 2 is 2.28 bits per heavy atom. The van der Waals surface area contributed by atoms with Gasteiger partial charge in [-0.1, -0.05) is 23.0 Å². The molecule has 0 bridgehead atoms. The monoisotopic (exact) mass is 285 g/mol. The lowest BCUT2D eigenvalue weighted by Gasteiger charge is -2.18. The molecule has 0 spiro atoms. The molecule has 1 atom stereocenters. The summed E-state index contributed by atoms with van der Waals surface area (Å²) in [4.78, 5) is 1.09. The van der Waals surface area contributed by atoms with E-state index in [1.165, 1.54) is 11.5 Å². The van der Waals surface area contributed by atoms with E-state index in [0.29, 0.717) is 5.02 Å². The Kier molecular flexibility index (Phi) is 4.31. The molecule has 1 unspecified atom stereocenters. The molecule has 0 aliphatic heterocycles. The fourth-order valence-electron chi connectivity index (χ4n) is 1.93. The van der Waals surface area contributed by atoms with Crippen LogP contribution in [0.1, 0.15) is 36.2 Å². The molecular weight excluding hydrogens is 270 g/mol. The molecule has 2 heterocycles. The lowest BCUT2D eigenvalue weighted by molar-refractivity contribution is 0.545. The van der Waals surface area contributed by atoms with Gasteiger partial charge in [0.2, 0.25) is 0 Å². The standard InChI is InChI=1S/C11H16ClN5S/c1-4-13-9(11-7(3)15-16-18-11)10-8(12)6-14-17(10)5-2/h6,9,13H,4-5H2,1-3H3. The van der Waals surface area contributed by atoms with Crippen LogP contribution in [0.15, 0.2) is 6.20 Å². The summed E-state index contributed by atoms with van der Waals surface area (Å²) in [6, 6.07) is 0.00458. The van der Waals surface area contributed by atoms with Crippen molar-refractivity contribution >= 4 is 23.1 Å². The molecule has 2 aromatic rings. The fourth-order valence-corrected chi connectivity index (χ4v) is 2.91. The van der Waals surface area contributed by atoms with Crippen LogP contribution in [0.25, 0.3) is 0 Å². The molecule has 0 aliphatic rings. The second kappa shape index (κ2) is 5.77. The molecule has 0 aromatic carbocycles. The van der Waals surface area contributed by atoms with Gasteiger partial charge in [0.1, 0.15) is 0 Å². The van der Waals surface area contributed by atoms with E-state index in [-0.39, 0.29) is 6.04 Å². The molecule has 2 aromatic heterocycles. The average Bonchev–Trinajstić information content (AvgIpc) is 2.93.